The van der Waals surface area contributed by atoms with Crippen LogP contribution in [-0.4, -0.2) is 23.7 Å². The van der Waals surface area contributed by atoms with E-state index in [-0.39, 0.29) is 5.91 Å². The Morgan fingerprint density at radius 2 is 1.89 bits per heavy atom. The van der Waals surface area contributed by atoms with Gasteiger partial charge in [-0.2, -0.15) is 4.99 Å². The van der Waals surface area contributed by atoms with Crippen LogP contribution in [0.1, 0.15) is 17.3 Å². The Morgan fingerprint density at radius 3 is 2.75 bits per heavy atom. The van der Waals surface area contributed by atoms with Crippen LogP contribution in [0.15, 0.2) is 59.6 Å². The summed E-state index contributed by atoms with van der Waals surface area (Å²) in [4.78, 5) is 18.0. The molecule has 140 valence electrons. The summed E-state index contributed by atoms with van der Waals surface area (Å²) < 4.78 is 14.3. The summed E-state index contributed by atoms with van der Waals surface area (Å²) >= 11 is 1.55. The summed E-state index contributed by atoms with van der Waals surface area (Å²) in [5.74, 6) is 0.979. The number of carbonyl (C=O) groups excluding carboxylic acids is 1. The van der Waals surface area contributed by atoms with Gasteiger partial charge in [-0.1, -0.05) is 41.7 Å². The summed E-state index contributed by atoms with van der Waals surface area (Å²) in [6.45, 7) is 3.82. The van der Waals surface area contributed by atoms with Crippen molar-refractivity contribution in [2.24, 2.45) is 4.99 Å². The van der Waals surface area contributed by atoms with E-state index >= 15 is 0 Å². The number of thiazole rings is 1. The number of carbonyl (C=O) groups is 1. The molecule has 5 nitrogen and oxygen atoms in total. The lowest BCUT2D eigenvalue weighted by atomic mass is 10.1. The van der Waals surface area contributed by atoms with Crippen molar-refractivity contribution in [2.45, 2.75) is 13.5 Å². The molecule has 0 fully saturated rings. The minimum atomic E-state index is -0.282. The fraction of sp³-hybridized carbons (Fsp3) is 0.182. The molecule has 3 aromatic carbocycles. The van der Waals surface area contributed by atoms with E-state index < -0.39 is 0 Å². The standard InChI is InChI=1S/C22H18N2O3S/c1-2-24-17-9-7-14-5-3-4-6-16(14)20(17)28-22(24)23-21(25)15-8-10-18-19(13-15)27-12-11-26-18/h3-10,13H,2,11-12H2,1H3. The first-order valence-corrected chi connectivity index (χ1v) is 10.1. The molecule has 1 aliphatic rings. The van der Waals surface area contributed by atoms with Gasteiger partial charge < -0.3 is 14.0 Å². The van der Waals surface area contributed by atoms with Crippen LogP contribution in [0.25, 0.3) is 21.0 Å². The van der Waals surface area contributed by atoms with Gasteiger partial charge in [-0.05, 0) is 36.6 Å². The lowest BCUT2D eigenvalue weighted by Crippen LogP contribution is -2.17. The first-order chi connectivity index (χ1) is 13.7. The van der Waals surface area contributed by atoms with Gasteiger partial charge in [0.15, 0.2) is 16.3 Å². The molecule has 1 aromatic heterocycles. The van der Waals surface area contributed by atoms with Crippen LogP contribution >= 0.6 is 11.3 Å². The van der Waals surface area contributed by atoms with E-state index in [0.29, 0.717) is 35.1 Å². The number of amides is 1. The molecular weight excluding hydrogens is 372 g/mol. The normalized spacial score (nSPS) is 14.0. The van der Waals surface area contributed by atoms with Gasteiger partial charge in [0.05, 0.1) is 10.2 Å². The predicted molar refractivity (Wildman–Crippen MR) is 110 cm³/mol. The van der Waals surface area contributed by atoms with Crippen molar-refractivity contribution in [3.63, 3.8) is 0 Å². The van der Waals surface area contributed by atoms with E-state index in [0.717, 1.165) is 16.8 Å². The van der Waals surface area contributed by atoms with Crippen LogP contribution in [0.2, 0.25) is 0 Å². The molecular formula is C22H18N2O3S. The first-order valence-electron chi connectivity index (χ1n) is 9.24. The van der Waals surface area contributed by atoms with Crippen LogP contribution in [0.4, 0.5) is 0 Å². The molecule has 0 N–H and O–H groups in total. The maximum Gasteiger partial charge on any atom is 0.279 e. The number of rotatable bonds is 2. The van der Waals surface area contributed by atoms with Crippen molar-refractivity contribution in [3.8, 4) is 11.5 Å². The average molecular weight is 390 g/mol. The smallest absolute Gasteiger partial charge is 0.279 e. The Hall–Kier alpha value is -3.12. The fourth-order valence-electron chi connectivity index (χ4n) is 3.52. The third-order valence-corrected chi connectivity index (χ3v) is 6.00. The Kier molecular flexibility index (Phi) is 4.13. The molecule has 0 spiro atoms. The molecule has 0 bridgehead atoms. The van der Waals surface area contributed by atoms with Gasteiger partial charge in [-0.3, -0.25) is 4.79 Å². The number of aryl methyl sites for hydroxylation is 1. The maximum absolute atomic E-state index is 12.8. The zero-order valence-corrected chi connectivity index (χ0v) is 16.2. The highest BCUT2D eigenvalue weighted by molar-refractivity contribution is 7.17. The van der Waals surface area contributed by atoms with Gasteiger partial charge in [0.25, 0.3) is 5.91 Å². The second-order valence-corrected chi connectivity index (χ2v) is 7.52. The number of benzene rings is 3. The number of nitrogens with zero attached hydrogens (tertiary/aromatic N) is 2. The number of hydrogen-bond donors (Lipinski definition) is 0. The zero-order valence-electron chi connectivity index (χ0n) is 15.3. The van der Waals surface area contributed by atoms with Gasteiger partial charge in [0.2, 0.25) is 0 Å². The Morgan fingerprint density at radius 1 is 1.07 bits per heavy atom. The molecule has 0 unspecified atom stereocenters. The summed E-state index contributed by atoms with van der Waals surface area (Å²) in [7, 11) is 0. The molecule has 0 atom stereocenters. The fourth-order valence-corrected chi connectivity index (χ4v) is 4.74. The van der Waals surface area contributed by atoms with Crippen molar-refractivity contribution in [1.82, 2.24) is 4.57 Å². The summed E-state index contributed by atoms with van der Waals surface area (Å²) in [6, 6.07) is 17.7. The number of aromatic nitrogens is 1. The minimum Gasteiger partial charge on any atom is -0.486 e. The second-order valence-electron chi connectivity index (χ2n) is 6.54. The molecule has 0 aliphatic carbocycles. The van der Waals surface area contributed by atoms with E-state index in [2.05, 4.69) is 40.7 Å². The Bertz CT molecular complexity index is 1290. The maximum atomic E-state index is 12.8. The van der Waals surface area contributed by atoms with Gasteiger partial charge in [0.1, 0.15) is 13.2 Å². The molecule has 1 aliphatic heterocycles. The van der Waals surface area contributed by atoms with Gasteiger partial charge >= 0.3 is 0 Å². The number of hydrogen-bond acceptors (Lipinski definition) is 4. The summed E-state index contributed by atoms with van der Waals surface area (Å²) in [5, 5.41) is 2.37. The largest absolute Gasteiger partial charge is 0.486 e. The van der Waals surface area contributed by atoms with Crippen molar-refractivity contribution in [1.29, 1.82) is 0 Å². The highest BCUT2D eigenvalue weighted by Crippen LogP contribution is 2.31. The van der Waals surface area contributed by atoms with Crippen LogP contribution < -0.4 is 14.3 Å². The quantitative estimate of drug-likeness (QED) is 0.510. The molecule has 2 heterocycles. The van der Waals surface area contributed by atoms with Gasteiger partial charge in [-0.15, -0.1) is 0 Å². The predicted octanol–water partition coefficient (Wildman–Crippen LogP) is 4.39. The van der Waals surface area contributed by atoms with E-state index in [9.17, 15) is 4.79 Å². The molecule has 0 radical (unpaired) electrons. The van der Waals surface area contributed by atoms with Crippen molar-refractivity contribution < 1.29 is 14.3 Å². The average Bonchev–Trinajstić information content (AvgIpc) is 3.10. The SMILES string of the molecule is CCn1c(=NC(=O)c2ccc3c(c2)OCCO3)sc2c3ccccc3ccc21. The van der Waals surface area contributed by atoms with Gasteiger partial charge in [0, 0.05) is 17.5 Å². The number of fused-ring (bicyclic) bond motifs is 4. The molecule has 4 aromatic rings. The van der Waals surface area contributed by atoms with Crippen molar-refractivity contribution in [3.05, 3.63) is 65.0 Å². The van der Waals surface area contributed by atoms with Crippen LogP contribution in [-0.2, 0) is 6.54 Å². The second kappa shape index (κ2) is 6.80. The van der Waals surface area contributed by atoms with Crippen LogP contribution in [0.3, 0.4) is 0 Å². The highest BCUT2D eigenvalue weighted by Gasteiger charge is 2.15. The van der Waals surface area contributed by atoms with E-state index in [1.54, 1.807) is 29.5 Å². The highest BCUT2D eigenvalue weighted by atomic mass is 32.1. The third-order valence-electron chi connectivity index (χ3n) is 4.88. The van der Waals surface area contributed by atoms with Gasteiger partial charge in [-0.25, -0.2) is 0 Å². The summed E-state index contributed by atoms with van der Waals surface area (Å²) in [5.41, 5.74) is 1.59. The van der Waals surface area contributed by atoms with E-state index in [4.69, 9.17) is 9.47 Å². The molecule has 5 rings (SSSR count). The lowest BCUT2D eigenvalue weighted by Gasteiger charge is -2.18. The van der Waals surface area contributed by atoms with Crippen molar-refractivity contribution >= 4 is 38.2 Å². The molecule has 1 amide bonds. The van der Waals surface area contributed by atoms with Crippen LogP contribution in [0, 0.1) is 0 Å². The van der Waals surface area contributed by atoms with Crippen molar-refractivity contribution in [2.75, 3.05) is 13.2 Å². The molecule has 0 saturated heterocycles. The first kappa shape index (κ1) is 17.0. The topological polar surface area (TPSA) is 52.8 Å². The third kappa shape index (κ3) is 2.77. The lowest BCUT2D eigenvalue weighted by molar-refractivity contribution is 0.0996. The minimum absolute atomic E-state index is 0.282. The Balaban J connectivity index is 1.64. The molecule has 0 saturated carbocycles. The van der Waals surface area contributed by atoms with Crippen LogP contribution in [0.5, 0.6) is 11.5 Å². The molecule has 6 heteroatoms. The number of ether oxygens (including phenoxy) is 2. The van der Waals surface area contributed by atoms with E-state index in [1.807, 2.05) is 12.1 Å². The zero-order chi connectivity index (χ0) is 19.1. The monoisotopic (exact) mass is 390 g/mol. The summed E-state index contributed by atoms with van der Waals surface area (Å²) in [6.07, 6.45) is 0. The Labute approximate surface area is 165 Å². The van der Waals surface area contributed by atoms with E-state index in [1.165, 1.54) is 10.8 Å². The molecule has 28 heavy (non-hydrogen) atoms.